The van der Waals surface area contributed by atoms with Gasteiger partial charge in [0.05, 0.1) is 24.1 Å². The van der Waals surface area contributed by atoms with Gasteiger partial charge >= 0.3 is 12.1 Å². The van der Waals surface area contributed by atoms with Gasteiger partial charge in [0.1, 0.15) is 21.6 Å². The van der Waals surface area contributed by atoms with Crippen molar-refractivity contribution in [3.63, 3.8) is 0 Å². The predicted octanol–water partition coefficient (Wildman–Crippen LogP) is 4.06. The van der Waals surface area contributed by atoms with E-state index in [9.17, 15) is 13.2 Å². The van der Waals surface area contributed by atoms with Crippen molar-refractivity contribution >= 4 is 40.8 Å². The van der Waals surface area contributed by atoms with Crippen LogP contribution in [0.25, 0.3) is 5.65 Å². The summed E-state index contributed by atoms with van der Waals surface area (Å²) in [4.78, 5) is 25.7. The fourth-order valence-electron chi connectivity index (χ4n) is 4.76. The molecule has 1 spiro atoms. The molecule has 1 fully saturated rings. The summed E-state index contributed by atoms with van der Waals surface area (Å²) in [5, 5.41) is 13.0. The van der Waals surface area contributed by atoms with E-state index in [4.69, 9.17) is 27.2 Å². The summed E-state index contributed by atoms with van der Waals surface area (Å²) in [6.07, 6.45) is 6.06. The maximum Gasteiger partial charge on any atom is 0.490 e. The second kappa shape index (κ2) is 10.1. The van der Waals surface area contributed by atoms with Crippen molar-refractivity contribution in [2.45, 2.75) is 41.5 Å². The van der Waals surface area contributed by atoms with Crippen LogP contribution in [0.5, 0.6) is 0 Å². The number of piperidine rings is 1. The molecular weight excluding hydrogens is 545 g/mol. The van der Waals surface area contributed by atoms with E-state index in [1.165, 1.54) is 11.8 Å². The molecule has 4 aromatic rings. The molecule has 6 heterocycles. The quantitative estimate of drug-likeness (QED) is 0.353. The minimum absolute atomic E-state index is 0.0552. The summed E-state index contributed by atoms with van der Waals surface area (Å²) in [6, 6.07) is 6.01. The number of pyridine rings is 1. The third kappa shape index (κ3) is 5.02. The minimum atomic E-state index is -5.08. The van der Waals surface area contributed by atoms with Crippen molar-refractivity contribution in [2.24, 2.45) is 11.1 Å². The summed E-state index contributed by atoms with van der Waals surface area (Å²) in [6.45, 7) is 2.75. The molecule has 3 N–H and O–H groups in total. The molecule has 6 rings (SSSR count). The molecule has 15 heteroatoms. The second-order valence-electron chi connectivity index (χ2n) is 9.00. The zero-order chi connectivity index (χ0) is 27.1. The Morgan fingerprint density at radius 2 is 1.87 bits per heavy atom. The standard InChI is InChI=1S/C21H21ClN8S.C2HF3O2/c22-20-15(1-2-16-24-7-10-29(16)20)31-18-12-25-17(11-26-18)28-8-4-21(5-9-28)13-30-14(19(21)23)3-6-27-30;3-2(4,5)1(6)7/h1-3,6-7,10-12,19H,4-5,8-9,13,23H2;(H,6,7)/t19-;/m1./s1. The number of halogens is 4. The lowest BCUT2D eigenvalue weighted by atomic mass is 9.73. The molecule has 0 bridgehead atoms. The number of hydrogen-bond donors (Lipinski definition) is 2. The smallest absolute Gasteiger partial charge is 0.475 e. The normalized spacial score (nSPS) is 18.3. The molecule has 0 aliphatic carbocycles. The van der Waals surface area contributed by atoms with Crippen LogP contribution in [0, 0.1) is 5.41 Å². The number of carboxylic acid groups (broad SMARTS) is 1. The van der Waals surface area contributed by atoms with Gasteiger partial charge in [-0.3, -0.25) is 9.08 Å². The lowest BCUT2D eigenvalue weighted by molar-refractivity contribution is -0.192. The maximum atomic E-state index is 10.6. The van der Waals surface area contributed by atoms with Gasteiger partial charge in [-0.05, 0) is 31.0 Å². The lowest BCUT2D eigenvalue weighted by Crippen LogP contribution is -2.45. The summed E-state index contributed by atoms with van der Waals surface area (Å²) < 4.78 is 35.7. The molecule has 1 saturated heterocycles. The van der Waals surface area contributed by atoms with Crippen molar-refractivity contribution in [3.05, 3.63) is 60.0 Å². The third-order valence-corrected chi connectivity index (χ3v) is 8.28. The molecule has 2 aliphatic rings. The van der Waals surface area contributed by atoms with Crippen molar-refractivity contribution in [1.29, 1.82) is 0 Å². The van der Waals surface area contributed by atoms with E-state index in [0.29, 0.717) is 5.15 Å². The van der Waals surface area contributed by atoms with Gasteiger partial charge in [0.15, 0.2) is 0 Å². The van der Waals surface area contributed by atoms with Crippen LogP contribution in [0.4, 0.5) is 19.0 Å². The first-order valence-corrected chi connectivity index (χ1v) is 12.7. The minimum Gasteiger partial charge on any atom is -0.475 e. The fourth-order valence-corrected chi connectivity index (χ4v) is 5.83. The molecule has 0 amide bonds. The van der Waals surface area contributed by atoms with Gasteiger partial charge < -0.3 is 15.7 Å². The molecule has 10 nitrogen and oxygen atoms in total. The monoisotopic (exact) mass is 566 g/mol. The molecule has 200 valence electrons. The average Bonchev–Trinajstić information content (AvgIpc) is 3.60. The van der Waals surface area contributed by atoms with Crippen LogP contribution in [0.3, 0.4) is 0 Å². The molecule has 0 radical (unpaired) electrons. The number of carboxylic acids is 1. The number of fused-ring (bicyclic) bond motifs is 2. The molecule has 0 saturated carbocycles. The third-order valence-electron chi connectivity index (χ3n) is 6.82. The fraction of sp³-hybridized carbons (Fsp3) is 0.348. The highest BCUT2D eigenvalue weighted by Crippen LogP contribution is 2.47. The zero-order valence-electron chi connectivity index (χ0n) is 19.7. The molecule has 2 aliphatic heterocycles. The van der Waals surface area contributed by atoms with Gasteiger partial charge in [-0.15, -0.1) is 0 Å². The number of imidazole rings is 1. The Morgan fingerprint density at radius 1 is 1.13 bits per heavy atom. The number of rotatable bonds is 3. The molecule has 38 heavy (non-hydrogen) atoms. The van der Waals surface area contributed by atoms with Crippen LogP contribution in [0.1, 0.15) is 24.6 Å². The Bertz CT molecular complexity index is 1450. The van der Waals surface area contributed by atoms with E-state index in [0.717, 1.165) is 59.6 Å². The Kier molecular flexibility index (Phi) is 6.96. The number of alkyl halides is 3. The van der Waals surface area contributed by atoms with Crippen LogP contribution in [-0.2, 0) is 11.3 Å². The maximum absolute atomic E-state index is 10.6. The lowest BCUT2D eigenvalue weighted by Gasteiger charge is -2.41. The number of carbonyl (C=O) groups is 1. The first-order valence-electron chi connectivity index (χ1n) is 11.5. The Balaban J connectivity index is 0.000000374. The molecule has 4 aromatic heterocycles. The van der Waals surface area contributed by atoms with Gasteiger partial charge in [-0.2, -0.15) is 18.3 Å². The summed E-state index contributed by atoms with van der Waals surface area (Å²) in [7, 11) is 0. The second-order valence-corrected chi connectivity index (χ2v) is 10.4. The Hall–Kier alpha value is -3.36. The first-order chi connectivity index (χ1) is 18.1. The molecule has 0 aromatic carbocycles. The van der Waals surface area contributed by atoms with E-state index in [-0.39, 0.29) is 11.5 Å². The van der Waals surface area contributed by atoms with Crippen LogP contribution in [0.15, 0.2) is 59.1 Å². The number of anilines is 1. The number of hydrogen-bond acceptors (Lipinski definition) is 8. The van der Waals surface area contributed by atoms with E-state index in [1.807, 2.05) is 47.4 Å². The number of nitrogens with two attached hydrogens (primary N) is 1. The van der Waals surface area contributed by atoms with Crippen molar-refractivity contribution in [1.82, 2.24) is 29.1 Å². The zero-order valence-corrected chi connectivity index (χ0v) is 21.3. The van der Waals surface area contributed by atoms with E-state index in [2.05, 4.69) is 29.6 Å². The highest BCUT2D eigenvalue weighted by Gasteiger charge is 2.47. The van der Waals surface area contributed by atoms with Crippen LogP contribution >= 0.6 is 23.4 Å². The highest BCUT2D eigenvalue weighted by molar-refractivity contribution is 7.99. The van der Waals surface area contributed by atoms with E-state index in [1.54, 1.807) is 6.20 Å². The number of aromatic nitrogens is 6. The van der Waals surface area contributed by atoms with Gasteiger partial charge in [0, 0.05) is 48.5 Å². The van der Waals surface area contributed by atoms with Gasteiger partial charge in [0.25, 0.3) is 0 Å². The van der Waals surface area contributed by atoms with Gasteiger partial charge in [-0.1, -0.05) is 23.4 Å². The highest BCUT2D eigenvalue weighted by atomic mass is 35.5. The van der Waals surface area contributed by atoms with Crippen molar-refractivity contribution in [3.8, 4) is 0 Å². The van der Waals surface area contributed by atoms with E-state index >= 15 is 0 Å². The Labute approximate surface area is 223 Å². The Morgan fingerprint density at radius 3 is 2.50 bits per heavy atom. The summed E-state index contributed by atoms with van der Waals surface area (Å²) in [5.74, 6) is -1.85. The van der Waals surface area contributed by atoms with Crippen molar-refractivity contribution in [2.75, 3.05) is 18.0 Å². The topological polar surface area (TPSA) is 127 Å². The van der Waals surface area contributed by atoms with Crippen LogP contribution < -0.4 is 10.6 Å². The van der Waals surface area contributed by atoms with Gasteiger partial charge in [-0.25, -0.2) is 19.7 Å². The molecular formula is C23H22ClF3N8O2S. The largest absolute Gasteiger partial charge is 0.490 e. The van der Waals surface area contributed by atoms with Crippen LogP contribution in [-0.4, -0.2) is 59.5 Å². The average molecular weight is 567 g/mol. The van der Waals surface area contributed by atoms with Crippen molar-refractivity contribution < 1.29 is 23.1 Å². The summed E-state index contributed by atoms with van der Waals surface area (Å²) in [5.41, 5.74) is 8.67. The molecule has 1 atom stereocenters. The first kappa shape index (κ1) is 26.3. The predicted molar refractivity (Wildman–Crippen MR) is 133 cm³/mol. The molecule has 0 unspecified atom stereocenters. The van der Waals surface area contributed by atoms with Crippen LogP contribution in [0.2, 0.25) is 5.15 Å². The SMILES string of the molecule is N[C@@H]1c2ccnn2CC12CCN(c1cnc(Sc3ccc4nccn4c3Cl)cn1)CC2.O=C(O)C(F)(F)F. The van der Waals surface area contributed by atoms with E-state index < -0.39 is 12.1 Å². The van der Waals surface area contributed by atoms with Gasteiger partial charge in [0.2, 0.25) is 0 Å². The summed E-state index contributed by atoms with van der Waals surface area (Å²) >= 11 is 8.01. The number of aliphatic carboxylic acids is 1. The number of nitrogens with zero attached hydrogens (tertiary/aromatic N) is 7.